The number of aryl methyl sites for hydroxylation is 1. The number of benzene rings is 1. The molecule has 3 aliphatic rings. The van der Waals surface area contributed by atoms with E-state index in [1.54, 1.807) is 11.3 Å². The first-order valence-electron chi connectivity index (χ1n) is 18.0. The standard InChI is InChI=1S/C38H56N4O4S/c1-24(26-17-19-29(20-18-26)33-25(2)39-23-47-33)40-36(45)32-21-31(43)22-42(32)37(46)34(38(3,4)5)41-35(44)30-14-9-8-13-28(15-10-16-30)27-11-6-7-12-27/h17-20,23-24,27-28,30-32,34,43H,6-16,21-22H2,1-5H3,(H,40,45)(H,41,44)/t24-,28?,30?,31+,32?,34+/m0/s1. The van der Waals surface area contributed by atoms with Gasteiger partial charge in [-0.25, -0.2) is 4.98 Å². The van der Waals surface area contributed by atoms with Gasteiger partial charge in [0.2, 0.25) is 17.7 Å². The number of β-amino-alcohol motifs (C(OH)–C–C–N with tert-alkyl or cyclic N) is 1. The summed E-state index contributed by atoms with van der Waals surface area (Å²) in [6.07, 6.45) is 12.3. The predicted molar refractivity (Wildman–Crippen MR) is 188 cm³/mol. The second-order valence-electron chi connectivity index (χ2n) is 15.5. The maximum absolute atomic E-state index is 14.2. The van der Waals surface area contributed by atoms with Gasteiger partial charge in [0.25, 0.3) is 0 Å². The van der Waals surface area contributed by atoms with Gasteiger partial charge in [-0.2, -0.15) is 0 Å². The summed E-state index contributed by atoms with van der Waals surface area (Å²) >= 11 is 1.60. The molecule has 258 valence electrons. The van der Waals surface area contributed by atoms with E-state index in [4.69, 9.17) is 0 Å². The van der Waals surface area contributed by atoms with E-state index in [1.807, 2.05) is 64.4 Å². The van der Waals surface area contributed by atoms with Crippen molar-refractivity contribution in [2.45, 2.75) is 136 Å². The monoisotopic (exact) mass is 664 g/mol. The molecule has 1 aromatic heterocycles. The van der Waals surface area contributed by atoms with Crippen molar-refractivity contribution < 1.29 is 19.5 Å². The predicted octanol–water partition coefficient (Wildman–Crippen LogP) is 6.96. The van der Waals surface area contributed by atoms with Gasteiger partial charge in [0, 0.05) is 18.9 Å². The molecule has 3 N–H and O–H groups in total. The Kier molecular flexibility index (Phi) is 11.8. The number of aromatic nitrogens is 1. The molecule has 0 bridgehead atoms. The summed E-state index contributed by atoms with van der Waals surface area (Å²) in [4.78, 5) is 48.6. The number of hydrogen-bond donors (Lipinski definition) is 3. The molecule has 8 nitrogen and oxygen atoms in total. The topological polar surface area (TPSA) is 112 Å². The van der Waals surface area contributed by atoms with Crippen molar-refractivity contribution in [3.63, 3.8) is 0 Å². The number of thiazole rings is 1. The molecule has 1 saturated heterocycles. The number of rotatable bonds is 8. The van der Waals surface area contributed by atoms with E-state index in [9.17, 15) is 19.5 Å². The molecule has 1 aromatic carbocycles. The summed E-state index contributed by atoms with van der Waals surface area (Å²) in [7, 11) is 0. The minimum absolute atomic E-state index is 0.0519. The summed E-state index contributed by atoms with van der Waals surface area (Å²) in [6.45, 7) is 9.84. The molecule has 9 heteroatoms. The lowest BCUT2D eigenvalue weighted by atomic mass is 9.83. The zero-order valence-electron chi connectivity index (χ0n) is 29.1. The van der Waals surface area contributed by atoms with Crippen molar-refractivity contribution in [2.24, 2.45) is 23.2 Å². The van der Waals surface area contributed by atoms with Gasteiger partial charge in [-0.05, 0) is 55.1 Å². The Morgan fingerprint density at radius 2 is 1.49 bits per heavy atom. The van der Waals surface area contributed by atoms with Gasteiger partial charge in [-0.3, -0.25) is 14.4 Å². The van der Waals surface area contributed by atoms with Crippen molar-refractivity contribution >= 4 is 29.1 Å². The number of aliphatic hydroxyl groups excluding tert-OH is 1. The Morgan fingerprint density at radius 3 is 2.09 bits per heavy atom. The molecule has 2 saturated carbocycles. The lowest BCUT2D eigenvalue weighted by Gasteiger charge is -2.36. The number of carbonyl (C=O) groups is 3. The van der Waals surface area contributed by atoms with Crippen LogP contribution in [0.5, 0.6) is 0 Å². The first-order chi connectivity index (χ1) is 22.4. The van der Waals surface area contributed by atoms with Crippen LogP contribution in [0.25, 0.3) is 10.4 Å². The van der Waals surface area contributed by atoms with Crippen LogP contribution in [-0.4, -0.2) is 57.4 Å². The zero-order valence-corrected chi connectivity index (χ0v) is 29.9. The molecule has 3 unspecified atom stereocenters. The average molecular weight is 665 g/mol. The van der Waals surface area contributed by atoms with Gasteiger partial charge in [-0.1, -0.05) is 103 Å². The van der Waals surface area contributed by atoms with Gasteiger partial charge in [0.05, 0.1) is 28.2 Å². The number of nitrogens with zero attached hydrogens (tertiary/aromatic N) is 2. The van der Waals surface area contributed by atoms with Gasteiger partial charge in [0.1, 0.15) is 12.1 Å². The van der Waals surface area contributed by atoms with Crippen LogP contribution in [0.3, 0.4) is 0 Å². The quantitative estimate of drug-likeness (QED) is 0.283. The summed E-state index contributed by atoms with van der Waals surface area (Å²) in [5.74, 6) is 0.907. The molecule has 0 spiro atoms. The zero-order chi connectivity index (χ0) is 33.7. The third-order valence-corrected chi connectivity index (χ3v) is 12.0. The van der Waals surface area contributed by atoms with Gasteiger partial charge < -0.3 is 20.6 Å². The molecule has 3 amide bonds. The van der Waals surface area contributed by atoms with Gasteiger partial charge in [-0.15, -0.1) is 11.3 Å². The SMILES string of the molecule is Cc1ncsc1-c1ccc([C@H](C)NC(=O)C2C[C@@H](O)CN2C(=O)[C@@H](NC(=O)C2CCCCC(C3CCCC3)CCC2)C(C)(C)C)cc1. The van der Waals surface area contributed by atoms with Crippen LogP contribution in [0.15, 0.2) is 29.8 Å². The Balaban J connectivity index is 1.22. The third-order valence-electron chi connectivity index (χ3n) is 11.0. The second-order valence-corrected chi connectivity index (χ2v) is 16.4. The van der Waals surface area contributed by atoms with Crippen molar-refractivity contribution in [1.82, 2.24) is 20.5 Å². The summed E-state index contributed by atoms with van der Waals surface area (Å²) in [5.41, 5.74) is 4.29. The molecule has 3 fully saturated rings. The van der Waals surface area contributed by atoms with Crippen molar-refractivity contribution in [1.29, 1.82) is 0 Å². The largest absolute Gasteiger partial charge is 0.391 e. The molecule has 6 atom stereocenters. The van der Waals surface area contributed by atoms with Crippen LogP contribution in [-0.2, 0) is 14.4 Å². The Hall–Kier alpha value is -2.78. The second kappa shape index (κ2) is 15.6. The maximum atomic E-state index is 14.2. The number of nitrogens with one attached hydrogen (secondary N) is 2. The minimum atomic E-state index is -0.807. The highest BCUT2D eigenvalue weighted by atomic mass is 32.1. The van der Waals surface area contributed by atoms with Gasteiger partial charge >= 0.3 is 0 Å². The Labute approximate surface area is 285 Å². The van der Waals surface area contributed by atoms with Crippen LogP contribution >= 0.6 is 11.3 Å². The lowest BCUT2D eigenvalue weighted by Crippen LogP contribution is -2.58. The fourth-order valence-electron chi connectivity index (χ4n) is 8.15. The van der Waals surface area contributed by atoms with Crippen LogP contribution in [0.2, 0.25) is 0 Å². The van der Waals surface area contributed by atoms with Gasteiger partial charge in [0.15, 0.2) is 0 Å². The number of likely N-dealkylation sites (tertiary alicyclic amines) is 1. The lowest BCUT2D eigenvalue weighted by molar-refractivity contribution is -0.144. The van der Waals surface area contributed by atoms with E-state index < -0.39 is 23.6 Å². The average Bonchev–Trinajstić information content (AvgIpc) is 3.81. The van der Waals surface area contributed by atoms with Crippen LogP contribution in [0.1, 0.15) is 122 Å². The third kappa shape index (κ3) is 8.83. The summed E-state index contributed by atoms with van der Waals surface area (Å²) in [6, 6.07) is 6.19. The fourth-order valence-corrected chi connectivity index (χ4v) is 8.96. The molecule has 47 heavy (non-hydrogen) atoms. The molecule has 2 aliphatic carbocycles. The van der Waals surface area contributed by atoms with E-state index in [0.717, 1.165) is 59.2 Å². The van der Waals surface area contributed by atoms with Crippen molar-refractivity contribution in [3.8, 4) is 10.4 Å². The first kappa shape index (κ1) is 35.5. The molecule has 2 aromatic rings. The molecule has 5 rings (SSSR count). The molecule has 2 heterocycles. The highest BCUT2D eigenvalue weighted by Crippen LogP contribution is 2.38. The fraction of sp³-hybridized carbons (Fsp3) is 0.684. The van der Waals surface area contributed by atoms with E-state index in [2.05, 4.69) is 15.6 Å². The maximum Gasteiger partial charge on any atom is 0.246 e. The number of aliphatic hydroxyl groups is 1. The number of hydrogen-bond acceptors (Lipinski definition) is 6. The molecular weight excluding hydrogens is 609 g/mol. The normalized spacial score (nSPS) is 25.8. The van der Waals surface area contributed by atoms with Crippen LogP contribution in [0.4, 0.5) is 0 Å². The van der Waals surface area contributed by atoms with E-state index in [1.165, 1.54) is 49.8 Å². The van der Waals surface area contributed by atoms with Crippen LogP contribution < -0.4 is 10.6 Å². The van der Waals surface area contributed by atoms with Crippen molar-refractivity contribution in [2.75, 3.05) is 6.54 Å². The van der Waals surface area contributed by atoms with E-state index in [0.29, 0.717) is 0 Å². The Bertz CT molecular complexity index is 1360. The highest BCUT2D eigenvalue weighted by Gasteiger charge is 2.45. The Morgan fingerprint density at radius 1 is 0.894 bits per heavy atom. The van der Waals surface area contributed by atoms with Crippen molar-refractivity contribution in [3.05, 3.63) is 41.0 Å². The molecule has 1 aliphatic heterocycles. The molecular formula is C38H56N4O4S. The number of carbonyl (C=O) groups excluding carboxylic acids is 3. The van der Waals surface area contributed by atoms with E-state index in [-0.39, 0.29) is 42.6 Å². The van der Waals surface area contributed by atoms with E-state index >= 15 is 0 Å². The van der Waals surface area contributed by atoms with Crippen LogP contribution in [0, 0.1) is 30.1 Å². The number of amides is 3. The summed E-state index contributed by atoms with van der Waals surface area (Å²) < 4.78 is 0. The highest BCUT2D eigenvalue weighted by molar-refractivity contribution is 7.13. The first-order valence-corrected chi connectivity index (χ1v) is 18.9. The smallest absolute Gasteiger partial charge is 0.246 e. The minimum Gasteiger partial charge on any atom is -0.391 e. The summed E-state index contributed by atoms with van der Waals surface area (Å²) in [5, 5.41) is 16.9. The molecule has 0 radical (unpaired) electrons.